The lowest BCUT2D eigenvalue weighted by atomic mass is 9.77. The summed E-state index contributed by atoms with van der Waals surface area (Å²) in [7, 11) is 0. The first kappa shape index (κ1) is 12.7. The van der Waals surface area contributed by atoms with Crippen LogP contribution in [-0.2, 0) is 4.79 Å². The number of rotatable bonds is 0. The van der Waals surface area contributed by atoms with Crippen molar-refractivity contribution in [2.75, 3.05) is 6.54 Å². The van der Waals surface area contributed by atoms with Gasteiger partial charge >= 0.3 is 12.1 Å². The molecule has 0 aromatic rings. The standard InChI is InChI=1S/C11H16F3NO2/c12-11(13,14)10(17)15-6-8(16)5-7-3-1-2-4-9(7)15/h7-9,16H,1-6H2. The van der Waals surface area contributed by atoms with Crippen molar-refractivity contribution in [1.29, 1.82) is 0 Å². The van der Waals surface area contributed by atoms with Crippen LogP contribution >= 0.6 is 0 Å². The Morgan fingerprint density at radius 1 is 1.24 bits per heavy atom. The molecule has 3 atom stereocenters. The lowest BCUT2D eigenvalue weighted by Gasteiger charge is -2.45. The van der Waals surface area contributed by atoms with Crippen LogP contribution in [0.1, 0.15) is 32.1 Å². The Balaban J connectivity index is 2.16. The molecule has 1 aliphatic heterocycles. The second-order valence-electron chi connectivity index (χ2n) is 4.96. The van der Waals surface area contributed by atoms with E-state index in [1.54, 1.807) is 0 Å². The number of aliphatic hydroxyl groups excluding tert-OH is 1. The number of alkyl halides is 3. The summed E-state index contributed by atoms with van der Waals surface area (Å²) in [6.45, 7) is -0.181. The van der Waals surface area contributed by atoms with E-state index in [2.05, 4.69) is 0 Å². The number of likely N-dealkylation sites (tertiary alicyclic amines) is 1. The quantitative estimate of drug-likeness (QED) is 0.712. The highest BCUT2D eigenvalue weighted by molar-refractivity contribution is 5.82. The van der Waals surface area contributed by atoms with E-state index in [4.69, 9.17) is 0 Å². The van der Waals surface area contributed by atoms with Gasteiger partial charge < -0.3 is 10.0 Å². The highest BCUT2D eigenvalue weighted by Crippen LogP contribution is 2.37. The topological polar surface area (TPSA) is 40.5 Å². The molecule has 3 nitrogen and oxygen atoms in total. The number of hydrogen-bond donors (Lipinski definition) is 1. The number of nitrogens with zero attached hydrogens (tertiary/aromatic N) is 1. The van der Waals surface area contributed by atoms with Crippen LogP contribution in [0.15, 0.2) is 0 Å². The number of piperidine rings is 1. The molecular weight excluding hydrogens is 235 g/mol. The molecule has 1 saturated heterocycles. The third-order valence-electron chi connectivity index (χ3n) is 3.75. The van der Waals surface area contributed by atoms with Crippen molar-refractivity contribution >= 4 is 5.91 Å². The van der Waals surface area contributed by atoms with Gasteiger partial charge in [0, 0.05) is 12.6 Å². The normalized spacial score (nSPS) is 34.4. The minimum absolute atomic E-state index is 0.0267. The van der Waals surface area contributed by atoms with Gasteiger partial charge in [-0.25, -0.2) is 0 Å². The summed E-state index contributed by atoms with van der Waals surface area (Å²) in [4.78, 5) is 12.2. The predicted molar refractivity (Wildman–Crippen MR) is 54.1 cm³/mol. The molecule has 0 aromatic carbocycles. The summed E-state index contributed by atoms with van der Waals surface area (Å²) < 4.78 is 37.3. The van der Waals surface area contributed by atoms with Crippen molar-refractivity contribution in [2.24, 2.45) is 5.92 Å². The lowest BCUT2D eigenvalue weighted by Crippen LogP contribution is -2.57. The molecule has 1 heterocycles. The summed E-state index contributed by atoms with van der Waals surface area (Å²) in [5.41, 5.74) is 0. The van der Waals surface area contributed by atoms with Crippen molar-refractivity contribution in [1.82, 2.24) is 4.90 Å². The van der Waals surface area contributed by atoms with Gasteiger partial charge in [-0.15, -0.1) is 0 Å². The fourth-order valence-electron chi connectivity index (χ4n) is 3.06. The monoisotopic (exact) mass is 251 g/mol. The fraction of sp³-hybridized carbons (Fsp3) is 0.909. The third-order valence-corrected chi connectivity index (χ3v) is 3.75. The Bertz CT molecular complexity index is 306. The molecule has 98 valence electrons. The number of aliphatic hydroxyl groups is 1. The molecule has 1 aliphatic carbocycles. The molecule has 17 heavy (non-hydrogen) atoms. The minimum Gasteiger partial charge on any atom is -0.391 e. The van der Waals surface area contributed by atoms with Crippen molar-refractivity contribution in [3.8, 4) is 0 Å². The van der Waals surface area contributed by atoms with Crippen molar-refractivity contribution in [2.45, 2.75) is 50.4 Å². The number of halogens is 3. The van der Waals surface area contributed by atoms with Gasteiger partial charge in [0.2, 0.25) is 0 Å². The zero-order valence-corrected chi connectivity index (χ0v) is 9.41. The van der Waals surface area contributed by atoms with E-state index >= 15 is 0 Å². The molecule has 0 radical (unpaired) electrons. The van der Waals surface area contributed by atoms with E-state index in [0.29, 0.717) is 12.8 Å². The first-order valence-electron chi connectivity index (χ1n) is 5.95. The molecule has 2 fully saturated rings. The molecule has 0 bridgehead atoms. The van der Waals surface area contributed by atoms with E-state index in [1.807, 2.05) is 0 Å². The molecule has 1 amide bonds. The number of hydrogen-bond acceptors (Lipinski definition) is 2. The Hall–Kier alpha value is -0.780. The maximum atomic E-state index is 12.4. The second-order valence-corrected chi connectivity index (χ2v) is 4.96. The number of carbonyl (C=O) groups excluding carboxylic acids is 1. The van der Waals surface area contributed by atoms with Crippen LogP contribution in [0.4, 0.5) is 13.2 Å². The molecule has 2 aliphatic rings. The van der Waals surface area contributed by atoms with Crippen LogP contribution < -0.4 is 0 Å². The summed E-state index contributed by atoms with van der Waals surface area (Å²) >= 11 is 0. The molecule has 0 aromatic heterocycles. The second kappa shape index (κ2) is 4.48. The average Bonchev–Trinajstić information content (AvgIpc) is 2.25. The van der Waals surface area contributed by atoms with Gasteiger partial charge in [-0.2, -0.15) is 13.2 Å². The summed E-state index contributed by atoms with van der Waals surface area (Å²) in [5, 5.41) is 9.57. The van der Waals surface area contributed by atoms with E-state index in [1.165, 1.54) is 0 Å². The SMILES string of the molecule is O=C(N1CC(O)CC2CCCCC21)C(F)(F)F. The maximum Gasteiger partial charge on any atom is 0.471 e. The van der Waals surface area contributed by atoms with E-state index in [0.717, 1.165) is 24.2 Å². The van der Waals surface area contributed by atoms with Crippen LogP contribution in [0.3, 0.4) is 0 Å². The van der Waals surface area contributed by atoms with Crippen LogP contribution in [-0.4, -0.2) is 40.8 Å². The Morgan fingerprint density at radius 3 is 2.53 bits per heavy atom. The zero-order valence-electron chi connectivity index (χ0n) is 9.41. The first-order chi connectivity index (χ1) is 7.89. The fourth-order valence-corrected chi connectivity index (χ4v) is 3.06. The largest absolute Gasteiger partial charge is 0.471 e. The summed E-state index contributed by atoms with van der Waals surface area (Å²) in [5.74, 6) is -1.77. The van der Waals surface area contributed by atoms with Gasteiger partial charge in [0.05, 0.1) is 6.10 Å². The first-order valence-corrected chi connectivity index (χ1v) is 5.95. The molecule has 2 rings (SSSR count). The molecule has 3 unspecified atom stereocenters. The summed E-state index contributed by atoms with van der Waals surface area (Å²) in [6.07, 6.45) is -1.87. The highest BCUT2D eigenvalue weighted by Gasteiger charge is 2.48. The van der Waals surface area contributed by atoms with Gasteiger partial charge in [0.15, 0.2) is 0 Å². The van der Waals surface area contributed by atoms with Crippen LogP contribution in [0, 0.1) is 5.92 Å². The average molecular weight is 251 g/mol. The molecular formula is C11H16F3NO2. The van der Waals surface area contributed by atoms with Crippen LogP contribution in [0.5, 0.6) is 0 Å². The van der Waals surface area contributed by atoms with Crippen molar-refractivity contribution in [3.63, 3.8) is 0 Å². The number of amides is 1. The van der Waals surface area contributed by atoms with Crippen molar-refractivity contribution in [3.05, 3.63) is 0 Å². The smallest absolute Gasteiger partial charge is 0.391 e. The lowest BCUT2D eigenvalue weighted by molar-refractivity contribution is -0.194. The van der Waals surface area contributed by atoms with Crippen molar-refractivity contribution < 1.29 is 23.1 Å². The van der Waals surface area contributed by atoms with Crippen LogP contribution in [0.25, 0.3) is 0 Å². The predicted octanol–water partition coefficient (Wildman–Crippen LogP) is 1.70. The third kappa shape index (κ3) is 2.56. The number of β-amino-alcohol motifs (C(OH)–C–C–N with tert-alkyl or cyclic N) is 1. The molecule has 6 heteroatoms. The molecule has 0 spiro atoms. The van der Waals surface area contributed by atoms with Crippen LogP contribution in [0.2, 0.25) is 0 Å². The van der Waals surface area contributed by atoms with E-state index < -0.39 is 18.2 Å². The Labute approximate surface area is 97.6 Å². The maximum absolute atomic E-state index is 12.4. The van der Waals surface area contributed by atoms with Gasteiger partial charge in [-0.05, 0) is 25.2 Å². The van der Waals surface area contributed by atoms with E-state index in [9.17, 15) is 23.1 Å². The highest BCUT2D eigenvalue weighted by atomic mass is 19.4. The van der Waals surface area contributed by atoms with Gasteiger partial charge in [-0.1, -0.05) is 12.8 Å². The molecule has 1 N–H and O–H groups in total. The van der Waals surface area contributed by atoms with Gasteiger partial charge in [0.25, 0.3) is 0 Å². The molecule has 1 saturated carbocycles. The minimum atomic E-state index is -4.83. The van der Waals surface area contributed by atoms with Gasteiger partial charge in [0.1, 0.15) is 0 Å². The number of carbonyl (C=O) groups is 1. The number of fused-ring (bicyclic) bond motifs is 1. The van der Waals surface area contributed by atoms with E-state index in [-0.39, 0.29) is 18.5 Å². The Morgan fingerprint density at radius 2 is 1.88 bits per heavy atom. The van der Waals surface area contributed by atoms with Gasteiger partial charge in [-0.3, -0.25) is 4.79 Å². The summed E-state index contributed by atoms with van der Waals surface area (Å²) in [6, 6.07) is -0.332. The zero-order chi connectivity index (χ0) is 12.6. The Kier molecular flexibility index (Phi) is 3.34.